The molecule has 0 unspecified atom stereocenters. The summed E-state index contributed by atoms with van der Waals surface area (Å²) in [7, 11) is 0. The average molecular weight is 427 g/mol. The van der Waals surface area contributed by atoms with E-state index in [0.717, 1.165) is 5.56 Å². The molecule has 32 heavy (non-hydrogen) atoms. The number of aliphatic hydroxyl groups excluding tert-OH is 1. The molecule has 0 saturated carbocycles. The molecule has 2 aliphatic rings. The van der Waals surface area contributed by atoms with Gasteiger partial charge in [-0.3, -0.25) is 9.59 Å². The van der Waals surface area contributed by atoms with Crippen LogP contribution >= 0.6 is 0 Å². The molecule has 0 spiro atoms. The lowest BCUT2D eigenvalue weighted by molar-refractivity contribution is -0.139. The van der Waals surface area contributed by atoms with Crippen LogP contribution in [0.25, 0.3) is 5.76 Å². The third-order valence-corrected chi connectivity index (χ3v) is 5.78. The van der Waals surface area contributed by atoms with Crippen molar-refractivity contribution in [1.82, 2.24) is 4.90 Å². The molecule has 0 radical (unpaired) electrons. The highest BCUT2D eigenvalue weighted by molar-refractivity contribution is 6.46. The summed E-state index contributed by atoms with van der Waals surface area (Å²) in [6.45, 7) is 0.455. The summed E-state index contributed by atoms with van der Waals surface area (Å²) >= 11 is 0. The number of hydrogen-bond donors (Lipinski definition) is 1. The van der Waals surface area contributed by atoms with Crippen LogP contribution < -0.4 is 9.47 Å². The summed E-state index contributed by atoms with van der Waals surface area (Å²) in [5.74, 6) is -0.342. The smallest absolute Gasteiger partial charge is 0.295 e. The van der Waals surface area contributed by atoms with E-state index in [-0.39, 0.29) is 18.1 Å². The molecule has 1 fully saturated rings. The van der Waals surface area contributed by atoms with Crippen LogP contribution in [0.3, 0.4) is 0 Å². The minimum Gasteiger partial charge on any atom is -0.507 e. The van der Waals surface area contributed by atoms with Crippen molar-refractivity contribution < 1.29 is 24.2 Å². The summed E-state index contributed by atoms with van der Waals surface area (Å²) in [6.07, 6.45) is 0.584. The van der Waals surface area contributed by atoms with Gasteiger partial charge in [0.2, 0.25) is 6.79 Å². The van der Waals surface area contributed by atoms with Gasteiger partial charge >= 0.3 is 0 Å². The second-order valence-electron chi connectivity index (χ2n) is 7.71. The predicted octanol–water partition coefficient (Wildman–Crippen LogP) is 4.08. The van der Waals surface area contributed by atoms with Gasteiger partial charge in [-0.15, -0.1) is 0 Å². The van der Waals surface area contributed by atoms with Crippen molar-refractivity contribution >= 4 is 17.4 Å². The van der Waals surface area contributed by atoms with E-state index < -0.39 is 17.7 Å². The molecule has 0 aliphatic carbocycles. The van der Waals surface area contributed by atoms with Gasteiger partial charge in [0, 0.05) is 12.1 Å². The van der Waals surface area contributed by atoms with Crippen LogP contribution in [0.5, 0.6) is 11.5 Å². The maximum absolute atomic E-state index is 13.1. The molecule has 6 heteroatoms. The van der Waals surface area contributed by atoms with Crippen LogP contribution in [-0.4, -0.2) is 35.0 Å². The Morgan fingerprint density at radius 3 is 2.34 bits per heavy atom. The summed E-state index contributed by atoms with van der Waals surface area (Å²) in [4.78, 5) is 27.7. The van der Waals surface area contributed by atoms with E-state index in [2.05, 4.69) is 0 Å². The monoisotopic (exact) mass is 427 g/mol. The number of benzene rings is 3. The Hall–Kier alpha value is -4.06. The highest BCUT2D eigenvalue weighted by atomic mass is 16.7. The van der Waals surface area contributed by atoms with Crippen molar-refractivity contribution in [3.8, 4) is 11.5 Å². The maximum atomic E-state index is 13.1. The molecule has 2 heterocycles. The Bertz CT molecular complexity index is 1200. The number of amides is 1. The standard InChI is InChI=1S/C26H21NO5/c28-24(18-9-5-2-6-10-18)22-23(19-11-12-20-21(15-19)32-16-31-20)27(26(30)25(22)29)14-13-17-7-3-1-4-8-17/h1-12,15,23,28H,13-14,16H2/t23-/m1/s1. The van der Waals surface area contributed by atoms with Gasteiger partial charge in [-0.2, -0.15) is 0 Å². The molecule has 0 aromatic heterocycles. The number of hydrogen-bond acceptors (Lipinski definition) is 5. The van der Waals surface area contributed by atoms with Gasteiger partial charge < -0.3 is 19.5 Å². The summed E-state index contributed by atoms with van der Waals surface area (Å²) in [5, 5.41) is 11.1. The molecule has 1 amide bonds. The van der Waals surface area contributed by atoms with Gasteiger partial charge in [0.05, 0.1) is 11.6 Å². The Balaban J connectivity index is 1.59. The predicted molar refractivity (Wildman–Crippen MR) is 118 cm³/mol. The first-order valence-electron chi connectivity index (χ1n) is 10.4. The molecule has 1 saturated heterocycles. The molecule has 6 nitrogen and oxygen atoms in total. The van der Waals surface area contributed by atoms with E-state index in [9.17, 15) is 14.7 Å². The highest BCUT2D eigenvalue weighted by Gasteiger charge is 2.46. The number of carbonyl (C=O) groups is 2. The zero-order valence-corrected chi connectivity index (χ0v) is 17.2. The van der Waals surface area contributed by atoms with E-state index in [0.29, 0.717) is 35.6 Å². The summed E-state index contributed by atoms with van der Waals surface area (Å²) in [6, 6.07) is 23.2. The third kappa shape index (κ3) is 3.50. The number of Topliss-reactive ketones (excluding diaryl/α,β-unsaturated/α-hetero) is 1. The molecular weight excluding hydrogens is 406 g/mol. The second kappa shape index (κ2) is 8.23. The van der Waals surface area contributed by atoms with Gasteiger partial charge in [0.1, 0.15) is 5.76 Å². The number of likely N-dealkylation sites (tertiary alicyclic amines) is 1. The van der Waals surface area contributed by atoms with Crippen molar-refractivity contribution in [2.45, 2.75) is 12.5 Å². The largest absolute Gasteiger partial charge is 0.507 e. The van der Waals surface area contributed by atoms with Crippen LogP contribution in [0, 0.1) is 0 Å². The minimum absolute atomic E-state index is 0.0770. The normalized spacial score (nSPS) is 18.9. The van der Waals surface area contributed by atoms with Crippen molar-refractivity contribution in [3.63, 3.8) is 0 Å². The van der Waals surface area contributed by atoms with E-state index in [1.165, 1.54) is 4.90 Å². The Kier molecular flexibility index (Phi) is 5.11. The first kappa shape index (κ1) is 19.9. The minimum atomic E-state index is -0.728. The quantitative estimate of drug-likeness (QED) is 0.377. The van der Waals surface area contributed by atoms with Gasteiger partial charge in [-0.05, 0) is 29.7 Å². The molecule has 3 aromatic rings. The molecule has 5 rings (SSSR count). The van der Waals surface area contributed by atoms with Gasteiger partial charge in [0.15, 0.2) is 11.5 Å². The van der Waals surface area contributed by atoms with E-state index in [1.54, 1.807) is 42.5 Å². The topological polar surface area (TPSA) is 76.1 Å². The SMILES string of the molecule is O=C1C(=O)N(CCc2ccccc2)[C@H](c2ccc3c(c2)OCO3)C1=C(O)c1ccccc1. The van der Waals surface area contributed by atoms with Crippen molar-refractivity contribution in [1.29, 1.82) is 0 Å². The summed E-state index contributed by atoms with van der Waals surface area (Å²) in [5.41, 5.74) is 2.30. The lowest BCUT2D eigenvalue weighted by Crippen LogP contribution is -2.31. The zero-order valence-electron chi connectivity index (χ0n) is 17.2. The third-order valence-electron chi connectivity index (χ3n) is 5.78. The Morgan fingerprint density at radius 1 is 0.906 bits per heavy atom. The van der Waals surface area contributed by atoms with Crippen LogP contribution in [0.1, 0.15) is 22.7 Å². The maximum Gasteiger partial charge on any atom is 0.295 e. The molecule has 160 valence electrons. The Labute approximate surface area is 185 Å². The lowest BCUT2D eigenvalue weighted by Gasteiger charge is -2.25. The number of carbonyl (C=O) groups excluding carboxylic acids is 2. The number of ether oxygens (including phenoxy) is 2. The van der Waals surface area contributed by atoms with Crippen molar-refractivity contribution in [2.24, 2.45) is 0 Å². The lowest BCUT2D eigenvalue weighted by atomic mass is 9.95. The molecule has 1 N–H and O–H groups in total. The van der Waals surface area contributed by atoms with E-state index in [4.69, 9.17) is 9.47 Å². The number of fused-ring (bicyclic) bond motifs is 1. The molecular formula is C26H21NO5. The fourth-order valence-electron chi connectivity index (χ4n) is 4.19. The van der Waals surface area contributed by atoms with Gasteiger partial charge in [-0.1, -0.05) is 66.7 Å². The molecule has 0 bridgehead atoms. The van der Waals surface area contributed by atoms with Crippen LogP contribution in [0.2, 0.25) is 0 Å². The molecule has 1 atom stereocenters. The second-order valence-corrected chi connectivity index (χ2v) is 7.71. The molecule has 3 aromatic carbocycles. The van der Waals surface area contributed by atoms with E-state index >= 15 is 0 Å². The van der Waals surface area contributed by atoms with E-state index in [1.807, 2.05) is 36.4 Å². The first-order chi connectivity index (χ1) is 15.6. The van der Waals surface area contributed by atoms with Gasteiger partial charge in [-0.25, -0.2) is 0 Å². The highest BCUT2D eigenvalue weighted by Crippen LogP contribution is 2.43. The fourth-order valence-corrected chi connectivity index (χ4v) is 4.19. The van der Waals surface area contributed by atoms with Crippen molar-refractivity contribution in [2.75, 3.05) is 13.3 Å². The van der Waals surface area contributed by atoms with Crippen LogP contribution in [-0.2, 0) is 16.0 Å². The van der Waals surface area contributed by atoms with Crippen molar-refractivity contribution in [3.05, 3.63) is 101 Å². The Morgan fingerprint density at radius 2 is 1.59 bits per heavy atom. The van der Waals surface area contributed by atoms with Gasteiger partial charge in [0.25, 0.3) is 11.7 Å². The van der Waals surface area contributed by atoms with Crippen LogP contribution in [0.15, 0.2) is 84.4 Å². The van der Waals surface area contributed by atoms with Crippen LogP contribution in [0.4, 0.5) is 0 Å². The summed E-state index contributed by atoms with van der Waals surface area (Å²) < 4.78 is 10.9. The average Bonchev–Trinajstić information content (AvgIpc) is 3.40. The molecule has 2 aliphatic heterocycles. The number of rotatable bonds is 5. The number of aliphatic hydroxyl groups is 1. The fraction of sp³-hybridized carbons (Fsp3) is 0.154. The first-order valence-corrected chi connectivity index (χ1v) is 10.4. The number of nitrogens with zero attached hydrogens (tertiary/aromatic N) is 1. The zero-order chi connectivity index (χ0) is 22.1. The number of ketones is 1.